The number of methoxy groups -OCH3 is 1. The van der Waals surface area contributed by atoms with Crippen molar-refractivity contribution in [3.63, 3.8) is 0 Å². The number of carbonyl (C=O) groups excluding carboxylic acids is 1. The number of hydrogen-bond donors (Lipinski definition) is 3. The number of halogens is 3. The summed E-state index contributed by atoms with van der Waals surface area (Å²) in [4.78, 5) is 27.1. The van der Waals surface area contributed by atoms with E-state index in [1.165, 1.54) is 0 Å². The topological polar surface area (TPSA) is 104 Å². The first-order chi connectivity index (χ1) is 13.6. The van der Waals surface area contributed by atoms with Crippen LogP contribution in [0.25, 0.3) is 0 Å². The summed E-state index contributed by atoms with van der Waals surface area (Å²) in [6, 6.07) is 3.86. The van der Waals surface area contributed by atoms with Crippen molar-refractivity contribution < 1.29 is 32.6 Å². The lowest BCUT2D eigenvalue weighted by Gasteiger charge is -2.27. The van der Waals surface area contributed by atoms with Gasteiger partial charge in [0, 0.05) is 33.4 Å². The largest absolute Gasteiger partial charge is 0.490 e. The van der Waals surface area contributed by atoms with Crippen molar-refractivity contribution in [2.24, 2.45) is 5.92 Å². The molecule has 2 amide bonds. The van der Waals surface area contributed by atoms with Gasteiger partial charge in [-0.25, -0.2) is 9.59 Å². The normalized spacial score (nSPS) is 14.5. The molecule has 0 aromatic carbocycles. The fraction of sp³-hybridized carbons (Fsp3) is 0.611. The number of aromatic nitrogens is 1. The van der Waals surface area contributed by atoms with Crippen LogP contribution in [0.2, 0.25) is 0 Å². The maximum Gasteiger partial charge on any atom is 0.490 e. The molecule has 29 heavy (non-hydrogen) atoms. The van der Waals surface area contributed by atoms with Gasteiger partial charge in [-0.15, -0.1) is 0 Å². The minimum absolute atomic E-state index is 0.0282. The highest BCUT2D eigenvalue weighted by molar-refractivity contribution is 5.73. The van der Waals surface area contributed by atoms with E-state index in [2.05, 4.69) is 15.6 Å². The smallest absolute Gasteiger partial charge is 0.475 e. The lowest BCUT2D eigenvalue weighted by molar-refractivity contribution is -0.192. The Kier molecular flexibility index (Phi) is 10.4. The van der Waals surface area contributed by atoms with E-state index in [-0.39, 0.29) is 6.03 Å². The van der Waals surface area contributed by atoms with Gasteiger partial charge in [0.25, 0.3) is 0 Å². The van der Waals surface area contributed by atoms with Crippen LogP contribution in [0, 0.1) is 5.92 Å². The van der Waals surface area contributed by atoms with Crippen LogP contribution in [0.15, 0.2) is 18.3 Å². The average Bonchev–Trinajstić information content (AvgIpc) is 2.68. The molecule has 2 rings (SSSR count). The van der Waals surface area contributed by atoms with Gasteiger partial charge in [0.05, 0.1) is 12.3 Å². The molecule has 0 bridgehead atoms. The third kappa shape index (κ3) is 10.1. The number of rotatable bonds is 6. The maximum absolute atomic E-state index is 12.1. The summed E-state index contributed by atoms with van der Waals surface area (Å²) in [5, 5.41) is 13.4. The zero-order valence-electron chi connectivity index (χ0n) is 16.5. The molecule has 164 valence electrons. The highest BCUT2D eigenvalue weighted by Gasteiger charge is 2.38. The first-order valence-corrected chi connectivity index (χ1v) is 9.06. The van der Waals surface area contributed by atoms with Gasteiger partial charge in [-0.3, -0.25) is 4.98 Å². The van der Waals surface area contributed by atoms with Crippen molar-refractivity contribution in [1.82, 2.24) is 20.5 Å². The van der Waals surface area contributed by atoms with Gasteiger partial charge < -0.3 is 25.4 Å². The van der Waals surface area contributed by atoms with Crippen LogP contribution in [-0.2, 0) is 22.7 Å². The Bertz CT molecular complexity index is 635. The molecule has 0 spiro atoms. The van der Waals surface area contributed by atoms with Gasteiger partial charge in [-0.1, -0.05) is 6.07 Å². The summed E-state index contributed by atoms with van der Waals surface area (Å²) in [5.41, 5.74) is 1.88. The molecule has 1 saturated heterocycles. The molecular formula is C18H27F3N4O4. The minimum Gasteiger partial charge on any atom is -0.475 e. The van der Waals surface area contributed by atoms with Crippen molar-refractivity contribution in [3.05, 3.63) is 29.6 Å². The maximum atomic E-state index is 12.1. The predicted molar refractivity (Wildman–Crippen MR) is 99.1 cm³/mol. The molecule has 1 aliphatic heterocycles. The second kappa shape index (κ2) is 12.2. The van der Waals surface area contributed by atoms with Gasteiger partial charge in [0.15, 0.2) is 0 Å². The number of carboxylic acids is 1. The van der Waals surface area contributed by atoms with E-state index in [1.54, 1.807) is 18.2 Å². The quantitative estimate of drug-likeness (QED) is 0.651. The molecule has 0 unspecified atom stereocenters. The summed E-state index contributed by atoms with van der Waals surface area (Å²) >= 11 is 0. The van der Waals surface area contributed by atoms with Crippen molar-refractivity contribution in [3.8, 4) is 0 Å². The number of carboxylic acid groups (broad SMARTS) is 1. The molecule has 1 fully saturated rings. The zero-order valence-corrected chi connectivity index (χ0v) is 16.5. The van der Waals surface area contributed by atoms with Gasteiger partial charge >= 0.3 is 18.2 Å². The first-order valence-electron chi connectivity index (χ1n) is 9.06. The summed E-state index contributed by atoms with van der Waals surface area (Å²) < 4.78 is 36.8. The number of carbonyl (C=O) groups is 2. The molecule has 2 heterocycles. The highest BCUT2D eigenvalue weighted by Crippen LogP contribution is 2.13. The Balaban J connectivity index is 0.000000516. The summed E-state index contributed by atoms with van der Waals surface area (Å²) in [7, 11) is 3.51. The van der Waals surface area contributed by atoms with Crippen LogP contribution in [0.4, 0.5) is 18.0 Å². The standard InChI is InChI=1S/C16H26N4O2.C2HF3O2/c1-20(11-13-5-7-17-8-6-13)16(21)19-10-14-3-4-15(12-22-2)18-9-14;3-2(4,5)1(6)7/h3-4,9,13,17H,5-8,10-12H2,1-2H3,(H,19,21);(H,6,7). The van der Waals surface area contributed by atoms with Gasteiger partial charge in [-0.05, 0) is 43.5 Å². The van der Waals surface area contributed by atoms with Crippen LogP contribution in [0.1, 0.15) is 24.1 Å². The SMILES string of the molecule is COCc1ccc(CNC(=O)N(C)CC2CCNCC2)cn1.O=C(O)C(F)(F)F. The molecule has 8 nitrogen and oxygen atoms in total. The molecular weight excluding hydrogens is 393 g/mol. The van der Waals surface area contributed by atoms with Crippen LogP contribution in [-0.4, -0.2) is 67.0 Å². The van der Waals surface area contributed by atoms with Crippen molar-refractivity contribution in [1.29, 1.82) is 0 Å². The van der Waals surface area contributed by atoms with Crippen LogP contribution in [0.5, 0.6) is 0 Å². The molecule has 1 aromatic heterocycles. The number of nitrogens with one attached hydrogen (secondary N) is 2. The molecule has 0 aliphatic carbocycles. The summed E-state index contributed by atoms with van der Waals surface area (Å²) in [5.74, 6) is -2.15. The van der Waals surface area contributed by atoms with E-state index < -0.39 is 12.1 Å². The van der Waals surface area contributed by atoms with E-state index in [0.29, 0.717) is 19.1 Å². The molecule has 0 atom stereocenters. The van der Waals surface area contributed by atoms with E-state index >= 15 is 0 Å². The first kappa shape index (κ1) is 24.6. The number of ether oxygens (including phenoxy) is 1. The Hall–Kier alpha value is -2.40. The van der Waals surface area contributed by atoms with Gasteiger partial charge in [-0.2, -0.15) is 13.2 Å². The van der Waals surface area contributed by atoms with Crippen LogP contribution < -0.4 is 10.6 Å². The van der Waals surface area contributed by atoms with Gasteiger partial charge in [0.1, 0.15) is 0 Å². The molecule has 1 aromatic rings. The van der Waals surface area contributed by atoms with E-state index in [1.807, 2.05) is 19.2 Å². The van der Waals surface area contributed by atoms with E-state index in [9.17, 15) is 18.0 Å². The van der Waals surface area contributed by atoms with Crippen LogP contribution in [0.3, 0.4) is 0 Å². The summed E-state index contributed by atoms with van der Waals surface area (Å²) in [6.07, 6.45) is -1.02. The van der Waals surface area contributed by atoms with E-state index in [0.717, 1.165) is 43.7 Å². The van der Waals surface area contributed by atoms with Crippen molar-refractivity contribution >= 4 is 12.0 Å². The second-order valence-electron chi connectivity index (χ2n) is 6.63. The van der Waals surface area contributed by atoms with Gasteiger partial charge in [0.2, 0.25) is 0 Å². The average molecular weight is 420 g/mol. The zero-order chi connectivity index (χ0) is 21.9. The number of nitrogens with zero attached hydrogens (tertiary/aromatic N) is 2. The number of aliphatic carboxylic acids is 1. The third-order valence-electron chi connectivity index (χ3n) is 4.20. The second-order valence-corrected chi connectivity index (χ2v) is 6.63. The minimum atomic E-state index is -5.08. The summed E-state index contributed by atoms with van der Waals surface area (Å²) in [6.45, 7) is 3.93. The number of alkyl halides is 3. The lowest BCUT2D eigenvalue weighted by Crippen LogP contribution is -2.41. The predicted octanol–water partition coefficient (Wildman–Crippen LogP) is 2.00. The molecule has 11 heteroatoms. The van der Waals surface area contributed by atoms with Crippen molar-refractivity contribution in [2.45, 2.75) is 32.2 Å². The molecule has 0 saturated carbocycles. The third-order valence-corrected chi connectivity index (χ3v) is 4.20. The number of pyridine rings is 1. The molecule has 0 radical (unpaired) electrons. The number of piperidine rings is 1. The van der Waals surface area contributed by atoms with Crippen LogP contribution >= 0.6 is 0 Å². The van der Waals surface area contributed by atoms with E-state index in [4.69, 9.17) is 14.6 Å². The lowest BCUT2D eigenvalue weighted by atomic mass is 9.98. The Morgan fingerprint density at radius 1 is 1.34 bits per heavy atom. The fourth-order valence-electron chi connectivity index (χ4n) is 2.64. The Morgan fingerprint density at radius 2 is 1.97 bits per heavy atom. The number of hydrogen-bond acceptors (Lipinski definition) is 5. The highest BCUT2D eigenvalue weighted by atomic mass is 19.4. The number of urea groups is 1. The Morgan fingerprint density at radius 3 is 2.45 bits per heavy atom. The number of amides is 2. The monoisotopic (exact) mass is 420 g/mol. The molecule has 1 aliphatic rings. The Labute approximate surface area is 167 Å². The van der Waals surface area contributed by atoms with Crippen molar-refractivity contribution in [2.75, 3.05) is 33.8 Å². The fourth-order valence-corrected chi connectivity index (χ4v) is 2.64. The molecule has 3 N–H and O–H groups in total.